The molecule has 0 radical (unpaired) electrons. The monoisotopic (exact) mass is 219 g/mol. The highest BCUT2D eigenvalue weighted by Gasteiger charge is 2.26. The normalized spacial score (nSPS) is 31.3. The summed E-state index contributed by atoms with van der Waals surface area (Å²) in [6.07, 6.45) is 12.1. The number of hydrogen-bond donors (Lipinski definition) is 1. The second-order valence-corrected chi connectivity index (χ2v) is 5.36. The van der Waals surface area contributed by atoms with E-state index in [1.807, 2.05) is 6.33 Å². The van der Waals surface area contributed by atoms with Gasteiger partial charge in [0, 0.05) is 24.3 Å². The van der Waals surface area contributed by atoms with Crippen molar-refractivity contribution in [2.24, 2.45) is 0 Å². The summed E-state index contributed by atoms with van der Waals surface area (Å²) in [5.41, 5.74) is 1.41. The van der Waals surface area contributed by atoms with E-state index in [1.165, 1.54) is 44.2 Å². The summed E-state index contributed by atoms with van der Waals surface area (Å²) in [7, 11) is 0. The van der Waals surface area contributed by atoms with Crippen LogP contribution in [0.25, 0.3) is 0 Å². The van der Waals surface area contributed by atoms with Crippen LogP contribution in [-0.4, -0.2) is 15.6 Å². The number of hydrogen-bond acceptors (Lipinski definition) is 2. The third-order valence-corrected chi connectivity index (χ3v) is 4.14. The van der Waals surface area contributed by atoms with E-state index >= 15 is 0 Å². The van der Waals surface area contributed by atoms with Crippen LogP contribution >= 0.6 is 0 Å². The van der Waals surface area contributed by atoms with Gasteiger partial charge in [-0.1, -0.05) is 0 Å². The Morgan fingerprint density at radius 1 is 1.25 bits per heavy atom. The molecule has 0 amide bonds. The Labute approximate surface area is 97.3 Å². The van der Waals surface area contributed by atoms with E-state index in [0.29, 0.717) is 12.1 Å². The van der Waals surface area contributed by atoms with Crippen molar-refractivity contribution in [3.05, 3.63) is 18.2 Å². The van der Waals surface area contributed by atoms with E-state index in [4.69, 9.17) is 0 Å². The Balaban J connectivity index is 1.79. The van der Waals surface area contributed by atoms with Crippen molar-refractivity contribution in [3.63, 3.8) is 0 Å². The second kappa shape index (κ2) is 4.21. The van der Waals surface area contributed by atoms with Crippen LogP contribution in [0.5, 0.6) is 0 Å². The molecular weight excluding hydrogens is 198 g/mol. The van der Waals surface area contributed by atoms with Crippen LogP contribution in [0.4, 0.5) is 0 Å². The molecule has 3 heteroatoms. The number of imidazole rings is 1. The topological polar surface area (TPSA) is 29.9 Å². The van der Waals surface area contributed by atoms with Gasteiger partial charge in [-0.25, -0.2) is 4.98 Å². The molecule has 2 heterocycles. The average molecular weight is 219 g/mol. The predicted octanol–water partition coefficient (Wildman–Crippen LogP) is 2.81. The van der Waals surface area contributed by atoms with Gasteiger partial charge in [-0.2, -0.15) is 0 Å². The lowest BCUT2D eigenvalue weighted by atomic mass is 9.91. The predicted molar refractivity (Wildman–Crippen MR) is 64.3 cm³/mol. The highest BCUT2D eigenvalue weighted by molar-refractivity contribution is 5.09. The number of rotatable bonds is 2. The minimum absolute atomic E-state index is 0.534. The lowest BCUT2D eigenvalue weighted by molar-refractivity contribution is 0.278. The smallest absolute Gasteiger partial charge is 0.0951 e. The number of aromatic nitrogens is 2. The fourth-order valence-electron chi connectivity index (χ4n) is 2.93. The molecule has 1 aromatic heterocycles. The van der Waals surface area contributed by atoms with Crippen LogP contribution in [0.15, 0.2) is 12.5 Å². The van der Waals surface area contributed by atoms with Crippen molar-refractivity contribution in [2.45, 2.75) is 63.6 Å². The first-order chi connectivity index (χ1) is 7.84. The first-order valence-corrected chi connectivity index (χ1v) is 6.62. The van der Waals surface area contributed by atoms with Crippen LogP contribution in [-0.2, 0) is 0 Å². The molecular formula is C13H21N3. The summed E-state index contributed by atoms with van der Waals surface area (Å²) in [6.45, 7) is 2.29. The molecule has 1 N–H and O–H groups in total. The molecule has 1 saturated carbocycles. The molecule has 1 aromatic rings. The first kappa shape index (κ1) is 10.3. The van der Waals surface area contributed by atoms with Crippen LogP contribution < -0.4 is 5.32 Å². The lowest BCUT2D eigenvalue weighted by Crippen LogP contribution is -2.36. The van der Waals surface area contributed by atoms with E-state index in [1.54, 1.807) is 0 Å². The number of piperidine rings is 1. The molecule has 2 unspecified atom stereocenters. The summed E-state index contributed by atoms with van der Waals surface area (Å²) in [6, 6.07) is 1.92. The van der Waals surface area contributed by atoms with Gasteiger partial charge in [-0.05, 0) is 45.4 Å². The van der Waals surface area contributed by atoms with Crippen molar-refractivity contribution >= 4 is 0 Å². The minimum atomic E-state index is 0.534. The zero-order valence-electron chi connectivity index (χ0n) is 10.0. The van der Waals surface area contributed by atoms with Gasteiger partial charge in [0.1, 0.15) is 0 Å². The molecule has 1 saturated heterocycles. The molecule has 1 aliphatic heterocycles. The SMILES string of the molecule is CC1CCCC(c2cncn2C2CCC2)N1. The van der Waals surface area contributed by atoms with Gasteiger partial charge in [0.25, 0.3) is 0 Å². The molecule has 3 rings (SSSR count). The summed E-state index contributed by atoms with van der Waals surface area (Å²) in [5.74, 6) is 0. The van der Waals surface area contributed by atoms with Crippen LogP contribution in [0, 0.1) is 0 Å². The van der Waals surface area contributed by atoms with Gasteiger partial charge in [-0.15, -0.1) is 0 Å². The second-order valence-electron chi connectivity index (χ2n) is 5.36. The lowest BCUT2D eigenvalue weighted by Gasteiger charge is -2.33. The summed E-state index contributed by atoms with van der Waals surface area (Å²) >= 11 is 0. The largest absolute Gasteiger partial charge is 0.330 e. The molecule has 2 aliphatic rings. The standard InChI is InChI=1S/C13H21N3/c1-10-4-2-7-12(15-10)13-8-14-9-16(13)11-5-3-6-11/h8-12,15H,2-7H2,1H3. The quantitative estimate of drug-likeness (QED) is 0.829. The van der Waals surface area contributed by atoms with E-state index in [-0.39, 0.29) is 0 Å². The van der Waals surface area contributed by atoms with Gasteiger partial charge >= 0.3 is 0 Å². The Morgan fingerprint density at radius 3 is 2.75 bits per heavy atom. The first-order valence-electron chi connectivity index (χ1n) is 6.62. The Kier molecular flexibility index (Phi) is 2.72. The number of nitrogens with one attached hydrogen (secondary N) is 1. The van der Waals surface area contributed by atoms with Gasteiger partial charge in [0.15, 0.2) is 0 Å². The molecule has 2 atom stereocenters. The summed E-state index contributed by atoms with van der Waals surface area (Å²) in [5, 5.41) is 3.70. The minimum Gasteiger partial charge on any atom is -0.330 e. The zero-order valence-corrected chi connectivity index (χ0v) is 10.0. The third kappa shape index (κ3) is 1.77. The molecule has 1 aliphatic carbocycles. The Bertz CT molecular complexity index is 354. The summed E-state index contributed by atoms with van der Waals surface area (Å²) in [4.78, 5) is 4.35. The van der Waals surface area contributed by atoms with Gasteiger partial charge < -0.3 is 9.88 Å². The van der Waals surface area contributed by atoms with E-state index < -0.39 is 0 Å². The maximum absolute atomic E-state index is 4.35. The van der Waals surface area contributed by atoms with E-state index in [2.05, 4.69) is 28.0 Å². The molecule has 0 spiro atoms. The van der Waals surface area contributed by atoms with Crippen molar-refractivity contribution in [3.8, 4) is 0 Å². The fourth-order valence-corrected chi connectivity index (χ4v) is 2.93. The molecule has 3 nitrogen and oxygen atoms in total. The molecule has 0 bridgehead atoms. The molecule has 0 aromatic carbocycles. The van der Waals surface area contributed by atoms with Crippen molar-refractivity contribution in [1.29, 1.82) is 0 Å². The molecule has 2 fully saturated rings. The van der Waals surface area contributed by atoms with Gasteiger partial charge in [0.2, 0.25) is 0 Å². The van der Waals surface area contributed by atoms with E-state index in [0.717, 1.165) is 6.04 Å². The zero-order chi connectivity index (χ0) is 11.0. The highest BCUT2D eigenvalue weighted by atomic mass is 15.1. The Hall–Kier alpha value is -0.830. The van der Waals surface area contributed by atoms with Crippen LogP contribution in [0.3, 0.4) is 0 Å². The third-order valence-electron chi connectivity index (χ3n) is 4.14. The van der Waals surface area contributed by atoms with Crippen molar-refractivity contribution in [2.75, 3.05) is 0 Å². The summed E-state index contributed by atoms with van der Waals surface area (Å²) < 4.78 is 2.42. The fraction of sp³-hybridized carbons (Fsp3) is 0.769. The van der Waals surface area contributed by atoms with Crippen molar-refractivity contribution < 1.29 is 0 Å². The maximum atomic E-state index is 4.35. The Morgan fingerprint density at radius 2 is 2.06 bits per heavy atom. The van der Waals surface area contributed by atoms with Crippen LogP contribution in [0.1, 0.15) is 63.2 Å². The molecule has 16 heavy (non-hydrogen) atoms. The number of nitrogens with zero attached hydrogens (tertiary/aromatic N) is 2. The van der Waals surface area contributed by atoms with Crippen LogP contribution in [0.2, 0.25) is 0 Å². The maximum Gasteiger partial charge on any atom is 0.0951 e. The highest BCUT2D eigenvalue weighted by Crippen LogP contribution is 2.35. The van der Waals surface area contributed by atoms with Gasteiger partial charge in [-0.3, -0.25) is 0 Å². The van der Waals surface area contributed by atoms with Crippen molar-refractivity contribution in [1.82, 2.24) is 14.9 Å². The van der Waals surface area contributed by atoms with E-state index in [9.17, 15) is 0 Å². The average Bonchev–Trinajstić information content (AvgIpc) is 2.64. The van der Waals surface area contributed by atoms with Gasteiger partial charge in [0.05, 0.1) is 12.0 Å². The molecule has 88 valence electrons.